The summed E-state index contributed by atoms with van der Waals surface area (Å²) in [6.45, 7) is 8.31. The number of aliphatic hydroxyl groups excluding tert-OH is 1. The molecule has 0 bridgehead atoms. The quantitative estimate of drug-likeness (QED) is 0.564. The van der Waals surface area contributed by atoms with Gasteiger partial charge in [0.05, 0.1) is 18.3 Å². The smallest absolute Gasteiger partial charge is 0.320 e. The van der Waals surface area contributed by atoms with Crippen molar-refractivity contribution in [2.75, 3.05) is 0 Å². The number of hydrogen-bond donors (Lipinski definition) is 1. The van der Waals surface area contributed by atoms with Gasteiger partial charge in [0.1, 0.15) is 0 Å². The van der Waals surface area contributed by atoms with Crippen molar-refractivity contribution in [3.63, 3.8) is 0 Å². The molecule has 0 aromatic heterocycles. The number of carbonyl (C=O) groups is 2. The van der Waals surface area contributed by atoms with E-state index in [1.54, 1.807) is 27.7 Å². The molecule has 5 nitrogen and oxygen atoms in total. The fourth-order valence-electron chi connectivity index (χ4n) is 1.26. The maximum atomic E-state index is 11.7. The second kappa shape index (κ2) is 7.27. The van der Waals surface area contributed by atoms with Crippen LogP contribution in [0, 0.1) is 5.92 Å². The van der Waals surface area contributed by atoms with E-state index in [2.05, 4.69) is 0 Å². The van der Waals surface area contributed by atoms with Gasteiger partial charge in [0.2, 0.25) is 0 Å². The molecule has 0 aromatic rings. The Morgan fingerprint density at radius 2 is 1.29 bits per heavy atom. The minimum absolute atomic E-state index is 0.0110. The molecule has 5 heteroatoms. The fraction of sp³-hybridized carbons (Fsp3) is 0.833. The number of carbonyl (C=O) groups excluding carboxylic acids is 2. The highest BCUT2D eigenvalue weighted by molar-refractivity contribution is 5.95. The summed E-state index contributed by atoms with van der Waals surface area (Å²) in [5, 5.41) is 9.27. The second-order valence-corrected chi connectivity index (χ2v) is 4.61. The number of hydrogen-bond acceptors (Lipinski definition) is 5. The van der Waals surface area contributed by atoms with Crippen molar-refractivity contribution in [1.29, 1.82) is 0 Å². The molecule has 1 atom stereocenters. The highest BCUT2D eigenvalue weighted by atomic mass is 16.6. The number of esters is 2. The van der Waals surface area contributed by atoms with Crippen molar-refractivity contribution in [2.24, 2.45) is 5.92 Å². The summed E-state index contributed by atoms with van der Waals surface area (Å²) in [6, 6.07) is 0. The van der Waals surface area contributed by atoms with Gasteiger partial charge in [0.15, 0.2) is 5.92 Å². The van der Waals surface area contributed by atoms with E-state index in [-0.39, 0.29) is 18.6 Å². The lowest BCUT2D eigenvalue weighted by Gasteiger charge is -2.19. The molecule has 0 aliphatic rings. The molecule has 0 heterocycles. The van der Waals surface area contributed by atoms with Crippen LogP contribution in [0.2, 0.25) is 0 Å². The van der Waals surface area contributed by atoms with Gasteiger partial charge in [-0.05, 0) is 41.0 Å². The van der Waals surface area contributed by atoms with E-state index in [1.807, 2.05) is 0 Å². The summed E-state index contributed by atoms with van der Waals surface area (Å²) < 4.78 is 9.93. The van der Waals surface area contributed by atoms with Crippen LogP contribution in [0.1, 0.15) is 41.0 Å². The molecular weight excluding hydrogens is 224 g/mol. The van der Waals surface area contributed by atoms with Crippen molar-refractivity contribution in [1.82, 2.24) is 0 Å². The normalized spacial score (nSPS) is 13.0. The standard InChI is InChI=1S/C12H22O5/c1-7(2)16-11(14)10(6-9(5)13)12(15)17-8(3)4/h7-10,13H,6H2,1-5H3. The first kappa shape index (κ1) is 15.9. The minimum atomic E-state index is -1.06. The first-order valence-corrected chi connectivity index (χ1v) is 5.83. The predicted octanol–water partition coefficient (Wildman–Crippen LogP) is 1.28. The molecule has 0 fully saturated rings. The third-order valence-corrected chi connectivity index (χ3v) is 1.85. The number of aliphatic hydroxyl groups is 1. The summed E-state index contributed by atoms with van der Waals surface area (Å²) in [6.07, 6.45) is -1.35. The second-order valence-electron chi connectivity index (χ2n) is 4.61. The SMILES string of the molecule is CC(O)CC(C(=O)OC(C)C)C(=O)OC(C)C. The average molecular weight is 246 g/mol. The molecule has 0 radical (unpaired) electrons. The molecule has 0 saturated carbocycles. The van der Waals surface area contributed by atoms with Crippen LogP contribution in [0.4, 0.5) is 0 Å². The van der Waals surface area contributed by atoms with Crippen molar-refractivity contribution in [2.45, 2.75) is 59.4 Å². The first-order valence-electron chi connectivity index (χ1n) is 5.83. The van der Waals surface area contributed by atoms with Crippen LogP contribution in [-0.4, -0.2) is 35.4 Å². The molecule has 0 rings (SSSR count). The van der Waals surface area contributed by atoms with Crippen LogP contribution < -0.4 is 0 Å². The Kier molecular flexibility index (Phi) is 6.80. The van der Waals surface area contributed by atoms with Gasteiger partial charge in [-0.1, -0.05) is 0 Å². The highest BCUT2D eigenvalue weighted by Gasteiger charge is 2.32. The van der Waals surface area contributed by atoms with Gasteiger partial charge in [-0.25, -0.2) is 0 Å². The van der Waals surface area contributed by atoms with Crippen LogP contribution in [0.5, 0.6) is 0 Å². The van der Waals surface area contributed by atoms with E-state index in [1.165, 1.54) is 6.92 Å². The van der Waals surface area contributed by atoms with Crippen LogP contribution in [-0.2, 0) is 19.1 Å². The van der Waals surface area contributed by atoms with E-state index in [0.29, 0.717) is 0 Å². The molecule has 1 N–H and O–H groups in total. The summed E-state index contributed by atoms with van der Waals surface area (Å²) >= 11 is 0. The molecule has 0 spiro atoms. The fourth-order valence-corrected chi connectivity index (χ4v) is 1.26. The third kappa shape index (κ3) is 6.94. The summed E-state index contributed by atoms with van der Waals surface area (Å²) in [5.41, 5.74) is 0. The molecular formula is C12H22O5. The summed E-state index contributed by atoms with van der Waals surface area (Å²) in [5.74, 6) is -2.35. The van der Waals surface area contributed by atoms with Crippen molar-refractivity contribution < 1.29 is 24.2 Å². The molecule has 100 valence electrons. The predicted molar refractivity (Wildman–Crippen MR) is 62.2 cm³/mol. The lowest BCUT2D eigenvalue weighted by atomic mass is 10.0. The zero-order valence-electron chi connectivity index (χ0n) is 11.1. The third-order valence-electron chi connectivity index (χ3n) is 1.85. The van der Waals surface area contributed by atoms with Gasteiger partial charge in [-0.3, -0.25) is 9.59 Å². The van der Waals surface area contributed by atoms with Gasteiger partial charge in [0.25, 0.3) is 0 Å². The van der Waals surface area contributed by atoms with E-state index in [4.69, 9.17) is 9.47 Å². The highest BCUT2D eigenvalue weighted by Crippen LogP contribution is 2.14. The van der Waals surface area contributed by atoms with Gasteiger partial charge < -0.3 is 14.6 Å². The molecule has 0 amide bonds. The number of rotatable bonds is 6. The Labute approximate surface area is 102 Å². The minimum Gasteiger partial charge on any atom is -0.462 e. The lowest BCUT2D eigenvalue weighted by molar-refractivity contribution is -0.167. The lowest BCUT2D eigenvalue weighted by Crippen LogP contribution is -2.33. The molecule has 17 heavy (non-hydrogen) atoms. The Bertz CT molecular complexity index is 236. The zero-order chi connectivity index (χ0) is 13.6. The summed E-state index contributed by atoms with van der Waals surface area (Å²) in [4.78, 5) is 23.4. The van der Waals surface area contributed by atoms with Gasteiger partial charge >= 0.3 is 11.9 Å². The van der Waals surface area contributed by atoms with E-state index in [9.17, 15) is 14.7 Å². The molecule has 0 saturated heterocycles. The van der Waals surface area contributed by atoms with Gasteiger partial charge in [0, 0.05) is 0 Å². The Hall–Kier alpha value is -1.10. The Morgan fingerprint density at radius 1 is 0.941 bits per heavy atom. The molecule has 1 unspecified atom stereocenters. The van der Waals surface area contributed by atoms with Crippen LogP contribution in [0.15, 0.2) is 0 Å². The first-order chi connectivity index (χ1) is 7.73. The molecule has 0 aromatic carbocycles. The number of ether oxygens (including phenoxy) is 2. The van der Waals surface area contributed by atoms with E-state index in [0.717, 1.165) is 0 Å². The van der Waals surface area contributed by atoms with Gasteiger partial charge in [-0.2, -0.15) is 0 Å². The van der Waals surface area contributed by atoms with Crippen molar-refractivity contribution in [3.05, 3.63) is 0 Å². The Morgan fingerprint density at radius 3 is 1.53 bits per heavy atom. The van der Waals surface area contributed by atoms with Crippen molar-refractivity contribution in [3.8, 4) is 0 Å². The Balaban J connectivity index is 4.62. The van der Waals surface area contributed by atoms with E-state index >= 15 is 0 Å². The van der Waals surface area contributed by atoms with Crippen LogP contribution >= 0.6 is 0 Å². The molecule has 0 aliphatic heterocycles. The van der Waals surface area contributed by atoms with E-state index < -0.39 is 24.0 Å². The maximum Gasteiger partial charge on any atom is 0.320 e. The monoisotopic (exact) mass is 246 g/mol. The zero-order valence-corrected chi connectivity index (χ0v) is 11.1. The van der Waals surface area contributed by atoms with Gasteiger partial charge in [-0.15, -0.1) is 0 Å². The topological polar surface area (TPSA) is 72.8 Å². The molecule has 0 aliphatic carbocycles. The largest absolute Gasteiger partial charge is 0.462 e. The maximum absolute atomic E-state index is 11.7. The summed E-state index contributed by atoms with van der Waals surface area (Å²) in [7, 11) is 0. The van der Waals surface area contributed by atoms with Crippen LogP contribution in [0.3, 0.4) is 0 Å². The average Bonchev–Trinajstić information content (AvgIpc) is 2.11. The van der Waals surface area contributed by atoms with Crippen molar-refractivity contribution >= 4 is 11.9 Å². The van der Waals surface area contributed by atoms with Crippen LogP contribution in [0.25, 0.3) is 0 Å².